The molecular weight excluding hydrogens is 973 g/mol. The number of likely N-dealkylation sites (N-methyl/N-ethyl adjacent to an activating group) is 2. The van der Waals surface area contributed by atoms with Gasteiger partial charge in [0.25, 0.3) is 12.0 Å². The van der Waals surface area contributed by atoms with Gasteiger partial charge in [-0.2, -0.15) is 5.10 Å². The molecule has 3 saturated heterocycles. The Hall–Kier alpha value is -5.42. The molecule has 4 fully saturated rings. The van der Waals surface area contributed by atoms with Gasteiger partial charge < -0.3 is 19.8 Å². The lowest BCUT2D eigenvalue weighted by molar-refractivity contribution is -0.688. The van der Waals surface area contributed by atoms with Crippen LogP contribution >= 0.6 is 22.7 Å². The van der Waals surface area contributed by atoms with Gasteiger partial charge in [0.2, 0.25) is 11.8 Å². The van der Waals surface area contributed by atoms with E-state index >= 15 is 0 Å². The fraction of sp³-hybridized carbons (Fsp3) is 0.559. The highest BCUT2D eigenvalue weighted by atomic mass is 32.1. The average molecular weight is 1050 g/mol. The van der Waals surface area contributed by atoms with Gasteiger partial charge in [0.1, 0.15) is 28.9 Å². The standard InChI is InChI=1S/C59H79N12O2S2/c1-15-16-39-22-67(20-19-42(39)54-37(10)50-48(31(2)3)52(63-57(50)74-54)44-24-70-56(60-28-61-70)35(8)33(44)6)26-47(73)66(14)30-69-29-62-71-25-45(34(7)36(9)59(69)71)53-49(32(4)5)51-38(11)55(75-58(51)64-53)43-21-41-18-17-40(43)23-68(41)27-46(72)65(12)13/h24-25,28-29,31-32,39-43,63-64H,15-23,26-27,30H2,1-14H3/q+1/t39-,40?,41-,42+,43-/m0/s1. The van der Waals surface area contributed by atoms with E-state index in [1.54, 1.807) is 11.2 Å². The van der Waals surface area contributed by atoms with Crippen molar-refractivity contribution in [3.63, 3.8) is 0 Å². The lowest BCUT2D eigenvalue weighted by atomic mass is 9.70. The maximum absolute atomic E-state index is 14.2. The molecule has 16 heteroatoms. The number of likely N-dealkylation sites (tertiary alicyclic amines) is 1. The molecule has 2 amide bonds. The third kappa shape index (κ3) is 8.73. The Morgan fingerprint density at radius 3 is 1.97 bits per heavy atom. The quantitative estimate of drug-likeness (QED) is 0.104. The minimum Gasteiger partial charge on any atom is -0.348 e. The largest absolute Gasteiger partial charge is 0.348 e. The van der Waals surface area contributed by atoms with E-state index in [0.29, 0.717) is 61.3 Å². The summed E-state index contributed by atoms with van der Waals surface area (Å²) in [6.07, 6.45) is 14.7. The molecule has 2 N–H and O–H groups in total. The van der Waals surface area contributed by atoms with E-state index in [2.05, 4.69) is 123 Å². The summed E-state index contributed by atoms with van der Waals surface area (Å²) >= 11 is 3.91. The van der Waals surface area contributed by atoms with Crippen molar-refractivity contribution >= 4 is 66.2 Å². The molecule has 4 aliphatic rings. The maximum atomic E-state index is 14.2. The third-order valence-electron chi connectivity index (χ3n) is 18.2. The highest BCUT2D eigenvalue weighted by Crippen LogP contribution is 2.52. The second-order valence-corrected chi connectivity index (χ2v) is 25.8. The number of aromatic nitrogens is 8. The van der Waals surface area contributed by atoms with Crippen molar-refractivity contribution in [2.45, 2.75) is 151 Å². The molecule has 3 aliphatic heterocycles. The molecule has 75 heavy (non-hydrogen) atoms. The number of amides is 2. The second kappa shape index (κ2) is 19.9. The number of thiophene rings is 2. The fourth-order valence-electron chi connectivity index (χ4n) is 13.9. The third-order valence-corrected chi connectivity index (χ3v) is 20.9. The van der Waals surface area contributed by atoms with Gasteiger partial charge in [-0.05, 0) is 155 Å². The smallest absolute Gasteiger partial charge is 0.270 e. The Labute approximate surface area is 450 Å². The summed E-state index contributed by atoms with van der Waals surface area (Å²) in [4.78, 5) is 53.4. The zero-order valence-electron chi connectivity index (χ0n) is 46.9. The lowest BCUT2D eigenvalue weighted by Gasteiger charge is -2.49. The summed E-state index contributed by atoms with van der Waals surface area (Å²) in [7, 11) is 5.66. The number of pyridine rings is 2. The summed E-state index contributed by atoms with van der Waals surface area (Å²) in [5, 5.41) is 12.2. The van der Waals surface area contributed by atoms with Crippen LogP contribution in [0, 0.1) is 53.4 Å². The zero-order chi connectivity index (χ0) is 53.0. The number of fused-ring (bicyclic) bond motifs is 7. The molecule has 11 heterocycles. The first-order valence-electron chi connectivity index (χ1n) is 27.7. The van der Waals surface area contributed by atoms with Gasteiger partial charge in [-0.3, -0.25) is 19.4 Å². The number of rotatable bonds is 14. The molecule has 2 bridgehead atoms. The highest BCUT2D eigenvalue weighted by Gasteiger charge is 2.43. The number of hydrogen-bond acceptors (Lipinski definition) is 9. The van der Waals surface area contributed by atoms with Crippen LogP contribution in [0.2, 0.25) is 0 Å². The number of hydrogen-bond donors (Lipinski definition) is 2. The molecule has 1 aliphatic carbocycles. The van der Waals surface area contributed by atoms with Crippen LogP contribution in [0.5, 0.6) is 0 Å². The van der Waals surface area contributed by atoms with Crippen molar-refractivity contribution in [2.24, 2.45) is 11.8 Å². The van der Waals surface area contributed by atoms with Crippen LogP contribution in [-0.2, 0) is 16.3 Å². The van der Waals surface area contributed by atoms with Crippen LogP contribution in [-0.4, -0.2) is 126 Å². The van der Waals surface area contributed by atoms with Crippen molar-refractivity contribution in [2.75, 3.05) is 53.9 Å². The SMILES string of the molecule is CCC[C@H]1CN(CC(=O)N(C)C[n+]2cnn3cc(-c4[nH]c5sc([C@H]6C[C@@H]7CCC6CN7CC(=O)N(C)C)c(C)c5c4C(C)C)c(C)c(C)c32)CC[C@H]1c1sc2[nH]c(-c3cn4ncnc4c(C)c3C)c(C(C)C)c2c1C. The van der Waals surface area contributed by atoms with Crippen LogP contribution in [0.3, 0.4) is 0 Å². The molecule has 0 radical (unpaired) electrons. The maximum Gasteiger partial charge on any atom is 0.270 e. The molecule has 398 valence electrons. The van der Waals surface area contributed by atoms with E-state index in [9.17, 15) is 9.59 Å². The first-order chi connectivity index (χ1) is 35.8. The van der Waals surface area contributed by atoms with Crippen molar-refractivity contribution in [1.29, 1.82) is 0 Å². The topological polar surface area (TPSA) is 130 Å². The minimum absolute atomic E-state index is 0.131. The van der Waals surface area contributed by atoms with Gasteiger partial charge in [0, 0.05) is 88.8 Å². The van der Waals surface area contributed by atoms with Crippen LogP contribution in [0.15, 0.2) is 25.0 Å². The molecule has 8 aromatic rings. The Morgan fingerprint density at radius 1 is 0.747 bits per heavy atom. The van der Waals surface area contributed by atoms with Crippen LogP contribution < -0.4 is 4.57 Å². The number of carbonyl (C=O) groups excluding carboxylic acids is 2. The van der Waals surface area contributed by atoms with Crippen molar-refractivity contribution in [3.8, 4) is 22.5 Å². The van der Waals surface area contributed by atoms with Crippen molar-refractivity contribution in [3.05, 3.63) is 79.3 Å². The molecule has 14 nitrogen and oxygen atoms in total. The van der Waals surface area contributed by atoms with Crippen LogP contribution in [0.4, 0.5) is 0 Å². The Bertz CT molecular complexity index is 3510. The number of carbonyl (C=O) groups is 2. The van der Waals surface area contributed by atoms with E-state index in [1.165, 1.54) is 98.9 Å². The molecule has 0 aromatic carbocycles. The van der Waals surface area contributed by atoms with E-state index < -0.39 is 0 Å². The minimum atomic E-state index is 0.131. The van der Waals surface area contributed by atoms with E-state index in [0.717, 1.165) is 67.7 Å². The van der Waals surface area contributed by atoms with Gasteiger partial charge >= 0.3 is 0 Å². The number of nitrogens with zero attached hydrogens (tertiary/aromatic N) is 10. The first kappa shape index (κ1) is 51.7. The second-order valence-electron chi connectivity index (χ2n) is 23.7. The molecule has 5 atom stereocenters. The van der Waals surface area contributed by atoms with Gasteiger partial charge in [0.05, 0.1) is 24.5 Å². The van der Waals surface area contributed by atoms with Crippen molar-refractivity contribution in [1.82, 2.24) is 53.8 Å². The Balaban J connectivity index is 0.789. The van der Waals surface area contributed by atoms with E-state index in [-0.39, 0.29) is 11.8 Å². The number of aryl methyl sites for hydroxylation is 4. The predicted molar refractivity (Wildman–Crippen MR) is 304 cm³/mol. The predicted octanol–water partition coefficient (Wildman–Crippen LogP) is 11.2. The molecule has 0 spiro atoms. The normalized spacial score (nSPS) is 20.7. The molecule has 1 unspecified atom stereocenters. The van der Waals surface area contributed by atoms with Gasteiger partial charge in [0.15, 0.2) is 5.65 Å². The number of H-pyrrole nitrogens is 2. The lowest BCUT2D eigenvalue weighted by Crippen LogP contribution is -2.53. The fourth-order valence-corrected chi connectivity index (χ4v) is 16.8. The van der Waals surface area contributed by atoms with Gasteiger partial charge in [-0.1, -0.05) is 45.6 Å². The highest BCUT2D eigenvalue weighted by molar-refractivity contribution is 7.19. The summed E-state index contributed by atoms with van der Waals surface area (Å²) < 4.78 is 6.05. The molecule has 1 saturated carbocycles. The number of piperidine rings is 3. The molecular formula is C59H79N12O2S2+. The molecule has 12 rings (SSSR count). The Kier molecular flexibility index (Phi) is 13.7. The average Bonchev–Trinajstić information content (AvgIpc) is 4.26. The van der Waals surface area contributed by atoms with E-state index in [1.807, 2.05) is 64.1 Å². The summed E-state index contributed by atoms with van der Waals surface area (Å²) in [5.74, 6) is 3.03. The van der Waals surface area contributed by atoms with Gasteiger partial charge in [-0.25, -0.2) is 14.1 Å². The monoisotopic (exact) mass is 1050 g/mol. The van der Waals surface area contributed by atoms with Crippen LogP contribution in [0.1, 0.15) is 151 Å². The number of nitrogens with one attached hydrogen (secondary N) is 2. The number of aromatic amines is 2. The summed E-state index contributed by atoms with van der Waals surface area (Å²) in [6, 6.07) is 0.467. The first-order valence-corrected chi connectivity index (χ1v) is 29.4. The molecule has 8 aromatic heterocycles. The Morgan fingerprint density at radius 2 is 1.37 bits per heavy atom. The van der Waals surface area contributed by atoms with E-state index in [4.69, 9.17) is 5.10 Å². The summed E-state index contributed by atoms with van der Waals surface area (Å²) in [5.41, 5.74) is 17.0. The zero-order valence-corrected chi connectivity index (χ0v) is 48.6. The summed E-state index contributed by atoms with van der Waals surface area (Å²) in [6.45, 7) is 29.2. The van der Waals surface area contributed by atoms with Gasteiger partial charge in [-0.15, -0.1) is 22.7 Å². The van der Waals surface area contributed by atoms with Crippen LogP contribution in [0.25, 0.3) is 54.2 Å². The van der Waals surface area contributed by atoms with Crippen molar-refractivity contribution < 1.29 is 14.2 Å².